The first-order valence-electron chi connectivity index (χ1n) is 10.8. The standard InChI is InChI=1S/C28H24N2OS/c1-19-12-13-20(2)27-26(19)29-28(32-27)30(18-21-8-4-3-5-9-21)25(31)17-22-14-15-23-10-6-7-11-24(23)16-22/h3-16H,17-18H2,1-2H3. The van der Waals surface area contributed by atoms with Gasteiger partial charge in [0.1, 0.15) is 0 Å². The fourth-order valence-corrected chi connectivity index (χ4v) is 5.14. The molecule has 0 spiro atoms. The van der Waals surface area contributed by atoms with Gasteiger partial charge in [-0.25, -0.2) is 4.98 Å². The summed E-state index contributed by atoms with van der Waals surface area (Å²) in [5, 5.41) is 3.09. The lowest BCUT2D eigenvalue weighted by Gasteiger charge is -2.20. The van der Waals surface area contributed by atoms with Gasteiger partial charge in [0.2, 0.25) is 5.91 Å². The Bertz CT molecular complexity index is 1380. The number of rotatable bonds is 5. The van der Waals surface area contributed by atoms with Crippen LogP contribution in [0.1, 0.15) is 22.3 Å². The van der Waals surface area contributed by atoms with Gasteiger partial charge in [0, 0.05) is 0 Å². The summed E-state index contributed by atoms with van der Waals surface area (Å²) in [6.45, 7) is 4.68. The van der Waals surface area contributed by atoms with Crippen molar-refractivity contribution in [2.45, 2.75) is 26.8 Å². The van der Waals surface area contributed by atoms with Crippen LogP contribution in [0.15, 0.2) is 84.9 Å². The molecule has 0 saturated heterocycles. The van der Waals surface area contributed by atoms with Crippen molar-refractivity contribution in [3.8, 4) is 0 Å². The van der Waals surface area contributed by atoms with E-state index in [2.05, 4.69) is 62.4 Å². The maximum Gasteiger partial charge on any atom is 0.233 e. The summed E-state index contributed by atoms with van der Waals surface area (Å²) in [7, 11) is 0. The molecule has 0 saturated carbocycles. The van der Waals surface area contributed by atoms with E-state index in [4.69, 9.17) is 4.98 Å². The number of carbonyl (C=O) groups excluding carboxylic acids is 1. The third kappa shape index (κ3) is 4.02. The lowest BCUT2D eigenvalue weighted by Crippen LogP contribution is -2.31. The minimum atomic E-state index is 0.0542. The number of carbonyl (C=O) groups is 1. The average molecular weight is 437 g/mol. The third-order valence-corrected chi connectivity index (χ3v) is 7.03. The van der Waals surface area contributed by atoms with Crippen LogP contribution in [0.2, 0.25) is 0 Å². The predicted octanol–water partition coefficient (Wildman–Crippen LogP) is 6.84. The summed E-state index contributed by atoms with van der Waals surface area (Å²) in [5.74, 6) is 0.0542. The third-order valence-electron chi connectivity index (χ3n) is 5.82. The Balaban J connectivity index is 1.52. The minimum Gasteiger partial charge on any atom is -0.283 e. The zero-order chi connectivity index (χ0) is 22.1. The highest BCUT2D eigenvalue weighted by Crippen LogP contribution is 2.34. The van der Waals surface area contributed by atoms with E-state index in [1.165, 1.54) is 10.9 Å². The molecule has 5 rings (SSSR count). The Hall–Kier alpha value is -3.50. The number of aromatic nitrogens is 1. The molecule has 0 aliphatic carbocycles. The summed E-state index contributed by atoms with van der Waals surface area (Å²) in [6.07, 6.45) is 0.339. The number of thiazole rings is 1. The summed E-state index contributed by atoms with van der Waals surface area (Å²) in [5.41, 5.74) is 5.42. The van der Waals surface area contributed by atoms with E-state index in [9.17, 15) is 4.79 Å². The van der Waals surface area contributed by atoms with Crippen molar-refractivity contribution < 1.29 is 4.79 Å². The van der Waals surface area contributed by atoms with Crippen molar-refractivity contribution in [2.24, 2.45) is 0 Å². The Kier molecular flexibility index (Phi) is 5.46. The van der Waals surface area contributed by atoms with Crippen molar-refractivity contribution in [2.75, 3.05) is 4.90 Å². The molecule has 0 aliphatic rings. The van der Waals surface area contributed by atoms with Crippen LogP contribution in [0.4, 0.5) is 5.13 Å². The molecule has 0 N–H and O–H groups in total. The zero-order valence-electron chi connectivity index (χ0n) is 18.2. The second kappa shape index (κ2) is 8.56. The van der Waals surface area contributed by atoms with Gasteiger partial charge in [-0.1, -0.05) is 96.3 Å². The smallest absolute Gasteiger partial charge is 0.233 e. The molecule has 5 aromatic rings. The van der Waals surface area contributed by atoms with E-state index >= 15 is 0 Å². The first-order valence-corrected chi connectivity index (χ1v) is 11.6. The maximum absolute atomic E-state index is 13.6. The molecule has 0 fully saturated rings. The van der Waals surface area contributed by atoms with E-state index in [-0.39, 0.29) is 5.91 Å². The van der Waals surface area contributed by atoms with Crippen LogP contribution >= 0.6 is 11.3 Å². The van der Waals surface area contributed by atoms with Gasteiger partial charge >= 0.3 is 0 Å². The quantitative estimate of drug-likeness (QED) is 0.302. The molecule has 0 unspecified atom stereocenters. The molecule has 1 aromatic heterocycles. The lowest BCUT2D eigenvalue weighted by atomic mass is 10.0. The van der Waals surface area contributed by atoms with Gasteiger partial charge in [-0.3, -0.25) is 9.69 Å². The highest BCUT2D eigenvalue weighted by Gasteiger charge is 2.21. The first-order chi connectivity index (χ1) is 15.6. The number of hydrogen-bond acceptors (Lipinski definition) is 3. The highest BCUT2D eigenvalue weighted by molar-refractivity contribution is 7.22. The molecule has 3 nitrogen and oxygen atoms in total. The summed E-state index contributed by atoms with van der Waals surface area (Å²) >= 11 is 1.60. The number of fused-ring (bicyclic) bond motifs is 2. The first kappa shape index (κ1) is 20.4. The Morgan fingerprint density at radius 1 is 0.812 bits per heavy atom. The van der Waals surface area contributed by atoms with Crippen molar-refractivity contribution in [1.29, 1.82) is 0 Å². The molecule has 0 atom stereocenters. The Morgan fingerprint density at radius 3 is 2.31 bits per heavy atom. The number of amides is 1. The summed E-state index contributed by atoms with van der Waals surface area (Å²) < 4.78 is 1.15. The van der Waals surface area contributed by atoms with E-state index in [1.807, 2.05) is 41.3 Å². The van der Waals surface area contributed by atoms with Crippen molar-refractivity contribution in [3.63, 3.8) is 0 Å². The number of aryl methyl sites for hydroxylation is 2. The number of benzene rings is 4. The molecular formula is C28H24N2OS. The van der Waals surface area contributed by atoms with Gasteiger partial charge < -0.3 is 0 Å². The van der Waals surface area contributed by atoms with Gasteiger partial charge in [-0.05, 0) is 46.9 Å². The maximum atomic E-state index is 13.6. The van der Waals surface area contributed by atoms with Crippen LogP contribution in [0.5, 0.6) is 0 Å². The molecular weight excluding hydrogens is 412 g/mol. The molecule has 0 radical (unpaired) electrons. The van der Waals surface area contributed by atoms with E-state index in [0.717, 1.165) is 37.4 Å². The van der Waals surface area contributed by atoms with E-state index < -0.39 is 0 Å². The predicted molar refractivity (Wildman–Crippen MR) is 134 cm³/mol. The van der Waals surface area contributed by atoms with Gasteiger partial charge in [0.15, 0.2) is 5.13 Å². The second-order valence-electron chi connectivity index (χ2n) is 8.20. The Labute approximate surface area is 192 Å². The summed E-state index contributed by atoms with van der Waals surface area (Å²) in [4.78, 5) is 20.3. The number of nitrogens with zero attached hydrogens (tertiary/aromatic N) is 2. The SMILES string of the molecule is Cc1ccc(C)c2sc(N(Cc3ccccc3)C(=O)Cc3ccc4ccccc4c3)nc12. The van der Waals surface area contributed by atoms with Gasteiger partial charge in [0.05, 0.1) is 23.2 Å². The van der Waals surface area contributed by atoms with Gasteiger partial charge in [-0.2, -0.15) is 0 Å². The van der Waals surface area contributed by atoms with Crippen molar-refractivity contribution in [3.05, 3.63) is 107 Å². The Morgan fingerprint density at radius 2 is 1.53 bits per heavy atom. The van der Waals surface area contributed by atoms with Crippen LogP contribution in [-0.2, 0) is 17.8 Å². The van der Waals surface area contributed by atoms with E-state index in [0.29, 0.717) is 13.0 Å². The molecule has 4 heteroatoms. The van der Waals surface area contributed by atoms with Gasteiger partial charge in [0.25, 0.3) is 0 Å². The van der Waals surface area contributed by atoms with Crippen LogP contribution in [0, 0.1) is 13.8 Å². The molecule has 4 aromatic carbocycles. The molecule has 32 heavy (non-hydrogen) atoms. The van der Waals surface area contributed by atoms with Crippen LogP contribution in [0.25, 0.3) is 21.0 Å². The van der Waals surface area contributed by atoms with Crippen LogP contribution in [0.3, 0.4) is 0 Å². The summed E-state index contributed by atoms with van der Waals surface area (Å²) in [6, 6.07) is 28.8. The monoisotopic (exact) mass is 436 g/mol. The van der Waals surface area contributed by atoms with Gasteiger partial charge in [-0.15, -0.1) is 0 Å². The average Bonchev–Trinajstić information content (AvgIpc) is 3.27. The van der Waals surface area contributed by atoms with Crippen molar-refractivity contribution >= 4 is 43.4 Å². The number of hydrogen-bond donors (Lipinski definition) is 0. The second-order valence-corrected chi connectivity index (χ2v) is 9.17. The number of anilines is 1. The molecule has 1 heterocycles. The fraction of sp³-hybridized carbons (Fsp3) is 0.143. The topological polar surface area (TPSA) is 33.2 Å². The zero-order valence-corrected chi connectivity index (χ0v) is 19.0. The lowest BCUT2D eigenvalue weighted by molar-refractivity contribution is -0.118. The molecule has 0 aliphatic heterocycles. The van der Waals surface area contributed by atoms with Crippen LogP contribution in [-0.4, -0.2) is 10.9 Å². The molecule has 0 bridgehead atoms. The normalized spacial score (nSPS) is 11.2. The van der Waals surface area contributed by atoms with Crippen LogP contribution < -0.4 is 4.90 Å². The fourth-order valence-electron chi connectivity index (χ4n) is 4.01. The highest BCUT2D eigenvalue weighted by atomic mass is 32.1. The minimum absolute atomic E-state index is 0.0542. The largest absolute Gasteiger partial charge is 0.283 e. The van der Waals surface area contributed by atoms with E-state index in [1.54, 1.807) is 11.3 Å². The molecule has 158 valence electrons. The van der Waals surface area contributed by atoms with Crippen molar-refractivity contribution in [1.82, 2.24) is 4.98 Å². The molecule has 1 amide bonds.